The minimum atomic E-state index is -0.187. The third kappa shape index (κ3) is 4.77. The molecule has 0 radical (unpaired) electrons. The van der Waals surface area contributed by atoms with Crippen molar-refractivity contribution in [3.05, 3.63) is 77.0 Å². The van der Waals surface area contributed by atoms with Crippen molar-refractivity contribution in [2.45, 2.75) is 6.54 Å². The molecule has 2 aromatic carbocycles. The highest BCUT2D eigenvalue weighted by atomic mass is 79.9. The van der Waals surface area contributed by atoms with Gasteiger partial charge in [-0.1, -0.05) is 33.3 Å². The molecule has 4 rings (SSSR count). The number of aromatic nitrogens is 2. The van der Waals surface area contributed by atoms with Crippen LogP contribution in [-0.2, 0) is 11.3 Å². The van der Waals surface area contributed by atoms with Crippen molar-refractivity contribution in [1.82, 2.24) is 9.97 Å². The number of rotatable bonds is 7. The molecule has 0 bridgehead atoms. The molecular weight excluding hydrogens is 466 g/mol. The minimum Gasteiger partial charge on any atom is -0.497 e. The van der Waals surface area contributed by atoms with E-state index in [1.165, 1.54) is 11.3 Å². The fraction of sp³-hybridized carbons (Fsp3) is 0.136. The van der Waals surface area contributed by atoms with E-state index in [-0.39, 0.29) is 12.5 Å². The monoisotopic (exact) mass is 483 g/mol. The van der Waals surface area contributed by atoms with Gasteiger partial charge in [-0.2, -0.15) is 0 Å². The normalized spacial score (nSPS) is 10.7. The molecule has 2 aromatic heterocycles. The van der Waals surface area contributed by atoms with Gasteiger partial charge in [0.25, 0.3) is 5.91 Å². The van der Waals surface area contributed by atoms with Gasteiger partial charge in [0.2, 0.25) is 0 Å². The van der Waals surface area contributed by atoms with Crippen molar-refractivity contribution in [3.8, 4) is 11.5 Å². The lowest BCUT2D eigenvalue weighted by Crippen LogP contribution is -2.34. The maximum Gasteiger partial charge on any atom is 0.267 e. The Morgan fingerprint density at radius 1 is 1.13 bits per heavy atom. The summed E-state index contributed by atoms with van der Waals surface area (Å²) < 4.78 is 12.8. The van der Waals surface area contributed by atoms with E-state index in [0.717, 1.165) is 26.0 Å². The summed E-state index contributed by atoms with van der Waals surface area (Å²) in [6.07, 6.45) is 3.45. The van der Waals surface area contributed by atoms with E-state index in [9.17, 15) is 4.79 Å². The smallest absolute Gasteiger partial charge is 0.267 e. The number of hydrogen-bond donors (Lipinski definition) is 0. The molecule has 2 heterocycles. The zero-order valence-corrected chi connectivity index (χ0v) is 18.5. The maximum absolute atomic E-state index is 13.1. The van der Waals surface area contributed by atoms with Gasteiger partial charge in [-0.3, -0.25) is 14.7 Å². The highest BCUT2D eigenvalue weighted by Crippen LogP contribution is 2.32. The number of ether oxygens (including phenoxy) is 2. The van der Waals surface area contributed by atoms with Crippen molar-refractivity contribution < 1.29 is 14.3 Å². The van der Waals surface area contributed by atoms with E-state index in [1.54, 1.807) is 48.7 Å². The second-order valence-electron chi connectivity index (χ2n) is 6.41. The number of hydrogen-bond acceptors (Lipinski definition) is 6. The van der Waals surface area contributed by atoms with Gasteiger partial charge in [-0.05, 0) is 54.1 Å². The van der Waals surface area contributed by atoms with Crippen LogP contribution in [0.25, 0.3) is 10.2 Å². The Morgan fingerprint density at radius 2 is 1.93 bits per heavy atom. The number of halogens is 1. The Kier molecular flexibility index (Phi) is 6.25. The van der Waals surface area contributed by atoms with Crippen molar-refractivity contribution in [3.63, 3.8) is 0 Å². The molecule has 8 heteroatoms. The second kappa shape index (κ2) is 9.23. The Hall–Kier alpha value is -2.97. The van der Waals surface area contributed by atoms with Gasteiger partial charge in [0.05, 0.1) is 23.9 Å². The number of nitrogens with zero attached hydrogens (tertiary/aromatic N) is 3. The third-order valence-corrected chi connectivity index (χ3v) is 5.89. The van der Waals surface area contributed by atoms with Gasteiger partial charge in [-0.15, -0.1) is 0 Å². The van der Waals surface area contributed by atoms with Crippen molar-refractivity contribution in [2.24, 2.45) is 0 Å². The first-order valence-corrected chi connectivity index (χ1v) is 10.8. The van der Waals surface area contributed by atoms with Gasteiger partial charge in [0, 0.05) is 16.9 Å². The van der Waals surface area contributed by atoms with Crippen molar-refractivity contribution in [2.75, 3.05) is 18.6 Å². The molecule has 0 aliphatic rings. The average molecular weight is 484 g/mol. The predicted molar refractivity (Wildman–Crippen MR) is 121 cm³/mol. The molecule has 0 unspecified atom stereocenters. The first kappa shape index (κ1) is 20.3. The number of pyridine rings is 1. The molecule has 152 valence electrons. The standard InChI is InChI=1S/C22H18BrN3O3S/c1-28-17-5-7-18(8-6-17)29-14-21(27)26(13-15-3-2-10-24-12-15)22-25-19-9-4-16(23)11-20(19)30-22/h2-12H,13-14H2,1H3. The van der Waals surface area contributed by atoms with E-state index < -0.39 is 0 Å². The van der Waals surface area contributed by atoms with Gasteiger partial charge in [0.1, 0.15) is 11.5 Å². The molecule has 0 N–H and O–H groups in total. The first-order chi connectivity index (χ1) is 14.6. The Morgan fingerprint density at radius 3 is 2.67 bits per heavy atom. The van der Waals surface area contributed by atoms with Gasteiger partial charge in [0.15, 0.2) is 11.7 Å². The summed E-state index contributed by atoms with van der Waals surface area (Å²) >= 11 is 4.95. The average Bonchev–Trinajstić information content (AvgIpc) is 3.19. The largest absolute Gasteiger partial charge is 0.497 e. The van der Waals surface area contributed by atoms with Crippen LogP contribution in [0, 0.1) is 0 Å². The summed E-state index contributed by atoms with van der Waals surface area (Å²) in [4.78, 5) is 23.5. The number of carbonyl (C=O) groups is 1. The summed E-state index contributed by atoms with van der Waals surface area (Å²) in [6.45, 7) is 0.256. The van der Waals surface area contributed by atoms with E-state index in [4.69, 9.17) is 9.47 Å². The Balaban J connectivity index is 1.57. The fourth-order valence-corrected chi connectivity index (χ4v) is 4.37. The van der Waals surface area contributed by atoms with Gasteiger partial charge >= 0.3 is 0 Å². The van der Waals surface area contributed by atoms with Crippen LogP contribution in [-0.4, -0.2) is 29.6 Å². The van der Waals surface area contributed by atoms with Crippen LogP contribution in [0.5, 0.6) is 11.5 Å². The third-order valence-electron chi connectivity index (χ3n) is 4.36. The minimum absolute atomic E-state index is 0.105. The molecule has 0 aliphatic carbocycles. The maximum atomic E-state index is 13.1. The topological polar surface area (TPSA) is 64.6 Å². The quantitative estimate of drug-likeness (QED) is 0.366. The Bertz CT molecular complexity index is 1150. The van der Waals surface area contributed by atoms with Gasteiger partial charge < -0.3 is 9.47 Å². The summed E-state index contributed by atoms with van der Waals surface area (Å²) in [5.41, 5.74) is 1.76. The predicted octanol–water partition coefficient (Wildman–Crippen LogP) is 5.07. The van der Waals surface area contributed by atoms with Crippen LogP contribution in [0.15, 0.2) is 71.5 Å². The lowest BCUT2D eigenvalue weighted by molar-refractivity contribution is -0.120. The Labute approximate surface area is 186 Å². The zero-order chi connectivity index (χ0) is 20.9. The van der Waals surface area contributed by atoms with Gasteiger partial charge in [-0.25, -0.2) is 4.98 Å². The number of benzene rings is 2. The van der Waals surface area contributed by atoms with Crippen LogP contribution in [0.1, 0.15) is 5.56 Å². The lowest BCUT2D eigenvalue weighted by atomic mass is 10.2. The van der Waals surface area contributed by atoms with E-state index in [0.29, 0.717) is 17.4 Å². The summed E-state index contributed by atoms with van der Waals surface area (Å²) in [5, 5.41) is 0.621. The van der Waals surface area contributed by atoms with Crippen molar-refractivity contribution in [1.29, 1.82) is 0 Å². The number of anilines is 1. The fourth-order valence-electron chi connectivity index (χ4n) is 2.83. The van der Waals surface area contributed by atoms with Crippen LogP contribution < -0.4 is 14.4 Å². The summed E-state index contributed by atoms with van der Waals surface area (Å²) in [5.74, 6) is 1.14. The molecule has 30 heavy (non-hydrogen) atoms. The summed E-state index contributed by atoms with van der Waals surface area (Å²) in [6, 6.07) is 16.8. The van der Waals surface area contributed by atoms with Crippen LogP contribution in [0.3, 0.4) is 0 Å². The molecule has 0 saturated carbocycles. The van der Waals surface area contributed by atoms with E-state index in [1.807, 2.05) is 30.3 Å². The van der Waals surface area contributed by atoms with E-state index >= 15 is 0 Å². The summed E-state index contributed by atoms with van der Waals surface area (Å²) in [7, 11) is 1.60. The number of carbonyl (C=O) groups excluding carboxylic acids is 1. The molecule has 0 saturated heterocycles. The molecular formula is C22H18BrN3O3S. The van der Waals surface area contributed by atoms with Crippen molar-refractivity contribution >= 4 is 48.5 Å². The number of amides is 1. The van der Waals surface area contributed by atoms with Crippen LogP contribution >= 0.6 is 27.3 Å². The molecule has 0 atom stereocenters. The SMILES string of the molecule is COc1ccc(OCC(=O)N(Cc2cccnc2)c2nc3ccc(Br)cc3s2)cc1. The number of methoxy groups -OCH3 is 1. The number of fused-ring (bicyclic) bond motifs is 1. The molecule has 1 amide bonds. The molecule has 4 aromatic rings. The van der Waals surface area contributed by atoms with Crippen LogP contribution in [0.4, 0.5) is 5.13 Å². The number of thiazole rings is 1. The second-order valence-corrected chi connectivity index (χ2v) is 8.34. The first-order valence-electron chi connectivity index (χ1n) is 9.14. The highest BCUT2D eigenvalue weighted by Gasteiger charge is 2.21. The lowest BCUT2D eigenvalue weighted by Gasteiger charge is -2.20. The van der Waals surface area contributed by atoms with E-state index in [2.05, 4.69) is 25.9 Å². The highest BCUT2D eigenvalue weighted by molar-refractivity contribution is 9.10. The molecule has 6 nitrogen and oxygen atoms in total. The molecule has 0 fully saturated rings. The molecule has 0 aliphatic heterocycles. The zero-order valence-electron chi connectivity index (χ0n) is 16.1. The molecule has 0 spiro atoms. The van der Waals surface area contributed by atoms with Crippen LogP contribution in [0.2, 0.25) is 0 Å².